The van der Waals surface area contributed by atoms with Crippen molar-refractivity contribution in [2.75, 3.05) is 13.2 Å². The molecule has 2 heteroatoms. The number of hydrogen-bond acceptors (Lipinski definition) is 2. The molecule has 4 rings (SSSR count). The van der Waals surface area contributed by atoms with Gasteiger partial charge in [0.15, 0.2) is 0 Å². The molecule has 0 aromatic rings. The Morgan fingerprint density at radius 2 is 1.88 bits per heavy atom. The van der Waals surface area contributed by atoms with Crippen molar-refractivity contribution < 1.29 is 10.2 Å². The quantitative estimate of drug-likeness (QED) is 0.763. The van der Waals surface area contributed by atoms with E-state index in [2.05, 4.69) is 45.6 Å². The van der Waals surface area contributed by atoms with Crippen LogP contribution in [0.4, 0.5) is 0 Å². The van der Waals surface area contributed by atoms with Gasteiger partial charge in [0.25, 0.3) is 0 Å². The summed E-state index contributed by atoms with van der Waals surface area (Å²) in [7, 11) is 0. The first-order chi connectivity index (χ1) is 11.4. The largest absolute Gasteiger partial charge is 0.396 e. The first kappa shape index (κ1) is 16.6. The highest BCUT2D eigenvalue weighted by atomic mass is 16.3. The molecule has 0 saturated heterocycles. The van der Waals surface area contributed by atoms with E-state index in [-0.39, 0.29) is 29.5 Å². The lowest BCUT2D eigenvalue weighted by Crippen LogP contribution is -2.52. The van der Waals surface area contributed by atoms with Crippen molar-refractivity contribution in [2.24, 2.45) is 39.9 Å². The van der Waals surface area contributed by atoms with Gasteiger partial charge in [-0.3, -0.25) is 0 Å². The maximum Gasteiger partial charge on any atom is 0.0436 e. The van der Waals surface area contributed by atoms with Gasteiger partial charge in [-0.1, -0.05) is 56.7 Å². The minimum Gasteiger partial charge on any atom is -0.396 e. The normalized spacial score (nSPS) is 47.7. The summed E-state index contributed by atoms with van der Waals surface area (Å²) in [5.41, 5.74) is 3.42. The van der Waals surface area contributed by atoms with Crippen LogP contribution in [0.5, 0.6) is 0 Å². The summed E-state index contributed by atoms with van der Waals surface area (Å²) in [6, 6.07) is 0. The van der Waals surface area contributed by atoms with Crippen molar-refractivity contribution >= 4 is 0 Å². The van der Waals surface area contributed by atoms with Crippen molar-refractivity contribution in [3.8, 4) is 0 Å². The molecule has 6 unspecified atom stereocenters. The van der Waals surface area contributed by atoms with Gasteiger partial charge in [0.2, 0.25) is 0 Å². The van der Waals surface area contributed by atoms with E-state index in [4.69, 9.17) is 0 Å². The molecule has 2 fully saturated rings. The molecule has 0 amide bonds. The Hall–Kier alpha value is -0.860. The van der Waals surface area contributed by atoms with Crippen LogP contribution < -0.4 is 0 Å². The number of aliphatic hydroxyl groups is 2. The van der Waals surface area contributed by atoms with Gasteiger partial charge in [-0.2, -0.15) is 0 Å². The van der Waals surface area contributed by atoms with Crippen LogP contribution in [0.3, 0.4) is 0 Å². The van der Waals surface area contributed by atoms with Crippen LogP contribution in [-0.4, -0.2) is 23.4 Å². The molecule has 2 N–H and O–H groups in total. The SMILES string of the molecule is C=C1C=C2C(CCO)CC(CCO)C3CC=CC4(C1C4(C)C)C23C. The van der Waals surface area contributed by atoms with Crippen molar-refractivity contribution in [3.05, 3.63) is 36.0 Å². The van der Waals surface area contributed by atoms with E-state index >= 15 is 0 Å². The van der Waals surface area contributed by atoms with Gasteiger partial charge in [-0.25, -0.2) is 0 Å². The summed E-state index contributed by atoms with van der Waals surface area (Å²) in [4.78, 5) is 0. The van der Waals surface area contributed by atoms with Crippen molar-refractivity contribution in [2.45, 2.75) is 46.5 Å². The fraction of sp³-hybridized carbons (Fsp3) is 0.727. The maximum absolute atomic E-state index is 9.64. The van der Waals surface area contributed by atoms with E-state index < -0.39 is 0 Å². The lowest BCUT2D eigenvalue weighted by Gasteiger charge is -2.59. The van der Waals surface area contributed by atoms with Crippen LogP contribution in [0.25, 0.3) is 0 Å². The molecule has 2 saturated carbocycles. The molecule has 0 bridgehead atoms. The van der Waals surface area contributed by atoms with E-state index in [9.17, 15) is 10.2 Å². The maximum atomic E-state index is 9.64. The third kappa shape index (κ3) is 1.65. The molecule has 24 heavy (non-hydrogen) atoms. The molecule has 0 aliphatic heterocycles. The fourth-order valence-electron chi connectivity index (χ4n) is 7.61. The molecule has 0 aromatic carbocycles. The zero-order valence-corrected chi connectivity index (χ0v) is 15.4. The van der Waals surface area contributed by atoms with Crippen LogP contribution in [0.2, 0.25) is 0 Å². The molecule has 6 atom stereocenters. The number of hydrogen-bond donors (Lipinski definition) is 2. The second kappa shape index (κ2) is 5.08. The average molecular weight is 328 g/mol. The van der Waals surface area contributed by atoms with E-state index in [1.54, 1.807) is 5.57 Å². The molecule has 132 valence electrons. The summed E-state index contributed by atoms with van der Waals surface area (Å²) in [6.45, 7) is 12.3. The number of allylic oxidation sites excluding steroid dienone is 5. The van der Waals surface area contributed by atoms with Crippen molar-refractivity contribution in [3.63, 3.8) is 0 Å². The molecule has 4 aliphatic carbocycles. The second-order valence-electron chi connectivity index (χ2n) is 9.36. The minimum absolute atomic E-state index is 0.148. The Balaban J connectivity index is 1.89. The Bertz CT molecular complexity index is 628. The molecule has 2 nitrogen and oxygen atoms in total. The zero-order chi connectivity index (χ0) is 17.3. The van der Waals surface area contributed by atoms with E-state index in [0.29, 0.717) is 23.7 Å². The Kier molecular flexibility index (Phi) is 3.51. The average Bonchev–Trinajstić information content (AvgIpc) is 3.02. The molecular weight excluding hydrogens is 296 g/mol. The molecule has 4 aliphatic rings. The molecular formula is C22H32O2. The standard InChI is InChI=1S/C22H32O2/c1-14-12-18-16(8-11-24)13-15(7-10-23)17-6-5-9-22(21(17,18)4)19(14)20(22,2)3/h5,9,12,15-17,19,23-24H,1,6-8,10-11,13H2,2-4H3. The van der Waals surface area contributed by atoms with Gasteiger partial charge in [0, 0.05) is 24.0 Å². The fourth-order valence-corrected chi connectivity index (χ4v) is 7.61. The van der Waals surface area contributed by atoms with E-state index in [1.807, 2.05) is 0 Å². The van der Waals surface area contributed by atoms with Gasteiger partial charge in [-0.15, -0.1) is 0 Å². The summed E-state index contributed by atoms with van der Waals surface area (Å²) in [6.07, 6.45) is 11.3. The lowest BCUT2D eigenvalue weighted by atomic mass is 9.45. The van der Waals surface area contributed by atoms with Crippen LogP contribution in [0, 0.1) is 39.9 Å². The lowest BCUT2D eigenvalue weighted by molar-refractivity contribution is -0.00264. The number of rotatable bonds is 4. The van der Waals surface area contributed by atoms with Crippen molar-refractivity contribution in [1.29, 1.82) is 0 Å². The topological polar surface area (TPSA) is 40.5 Å². The summed E-state index contributed by atoms with van der Waals surface area (Å²) in [5.74, 6) is 2.14. The second-order valence-corrected chi connectivity index (χ2v) is 9.36. The Morgan fingerprint density at radius 1 is 1.17 bits per heavy atom. The summed E-state index contributed by atoms with van der Waals surface area (Å²) < 4.78 is 0. The van der Waals surface area contributed by atoms with Crippen molar-refractivity contribution in [1.82, 2.24) is 0 Å². The van der Waals surface area contributed by atoms with Gasteiger partial charge >= 0.3 is 0 Å². The molecule has 0 radical (unpaired) electrons. The van der Waals surface area contributed by atoms with Crippen LogP contribution in [-0.2, 0) is 0 Å². The third-order valence-corrected chi connectivity index (χ3v) is 8.42. The highest BCUT2D eigenvalue weighted by molar-refractivity contribution is 5.54. The van der Waals surface area contributed by atoms with Crippen LogP contribution >= 0.6 is 0 Å². The Labute approximate surface area is 146 Å². The first-order valence-electron chi connectivity index (χ1n) is 9.66. The third-order valence-electron chi connectivity index (χ3n) is 8.42. The van der Waals surface area contributed by atoms with Crippen LogP contribution in [0.15, 0.2) is 36.0 Å². The Morgan fingerprint density at radius 3 is 2.54 bits per heavy atom. The van der Waals surface area contributed by atoms with Gasteiger partial charge in [0.05, 0.1) is 0 Å². The molecule has 1 spiro atoms. The summed E-state index contributed by atoms with van der Waals surface area (Å²) >= 11 is 0. The first-order valence-corrected chi connectivity index (χ1v) is 9.66. The predicted octanol–water partition coefficient (Wildman–Crippen LogP) is 4.11. The highest BCUT2D eigenvalue weighted by Crippen LogP contribution is 2.86. The van der Waals surface area contributed by atoms with Gasteiger partial charge in [0.1, 0.15) is 0 Å². The summed E-state index contributed by atoms with van der Waals surface area (Å²) in [5, 5.41) is 19.3. The van der Waals surface area contributed by atoms with E-state index in [0.717, 1.165) is 25.7 Å². The predicted molar refractivity (Wildman–Crippen MR) is 97.3 cm³/mol. The zero-order valence-electron chi connectivity index (χ0n) is 15.4. The van der Waals surface area contributed by atoms with Gasteiger partial charge < -0.3 is 10.2 Å². The van der Waals surface area contributed by atoms with Crippen LogP contribution in [0.1, 0.15) is 46.5 Å². The molecule has 0 aromatic heterocycles. The van der Waals surface area contributed by atoms with Gasteiger partial charge in [-0.05, 0) is 54.8 Å². The highest BCUT2D eigenvalue weighted by Gasteiger charge is 2.81. The number of aliphatic hydroxyl groups excluding tert-OH is 2. The van der Waals surface area contributed by atoms with E-state index in [1.165, 1.54) is 5.57 Å². The minimum atomic E-state index is 0.148. The molecule has 0 heterocycles. The smallest absolute Gasteiger partial charge is 0.0436 e. The monoisotopic (exact) mass is 328 g/mol.